The number of hydrogen-bond acceptors (Lipinski definition) is 5. The summed E-state index contributed by atoms with van der Waals surface area (Å²) >= 11 is 0. The highest BCUT2D eigenvalue weighted by molar-refractivity contribution is 6.05. The maximum atomic E-state index is 14.4. The SMILES string of the molecule is O=C(Nc1ccc2c(c1)OCCO2)C1C2C=C[C@]3(CN(c4ccccc4F)C(=O)C13)O2. The van der Waals surface area contributed by atoms with E-state index < -0.39 is 29.4 Å². The van der Waals surface area contributed by atoms with E-state index in [2.05, 4.69) is 5.32 Å². The van der Waals surface area contributed by atoms with E-state index >= 15 is 0 Å². The second-order valence-corrected chi connectivity index (χ2v) is 8.12. The molecule has 2 aromatic rings. The van der Waals surface area contributed by atoms with Gasteiger partial charge >= 0.3 is 0 Å². The fraction of sp³-hybridized carbons (Fsp3) is 0.304. The Morgan fingerprint density at radius 1 is 1.13 bits per heavy atom. The molecule has 8 heteroatoms. The summed E-state index contributed by atoms with van der Waals surface area (Å²) in [6.45, 7) is 1.10. The highest BCUT2D eigenvalue weighted by Gasteiger charge is 2.67. The fourth-order valence-corrected chi connectivity index (χ4v) is 5.02. The van der Waals surface area contributed by atoms with Crippen LogP contribution in [-0.2, 0) is 14.3 Å². The molecule has 7 nitrogen and oxygen atoms in total. The van der Waals surface area contributed by atoms with Crippen molar-refractivity contribution in [2.45, 2.75) is 11.7 Å². The maximum Gasteiger partial charge on any atom is 0.234 e. The molecule has 31 heavy (non-hydrogen) atoms. The molecule has 158 valence electrons. The van der Waals surface area contributed by atoms with Crippen LogP contribution in [0.2, 0.25) is 0 Å². The predicted octanol–water partition coefficient (Wildman–Crippen LogP) is 2.52. The molecule has 4 aliphatic rings. The number of amides is 2. The van der Waals surface area contributed by atoms with E-state index in [1.165, 1.54) is 11.0 Å². The van der Waals surface area contributed by atoms with Crippen molar-refractivity contribution in [2.24, 2.45) is 11.8 Å². The van der Waals surface area contributed by atoms with E-state index in [9.17, 15) is 14.0 Å². The van der Waals surface area contributed by atoms with Gasteiger partial charge in [-0.1, -0.05) is 24.3 Å². The average molecular weight is 422 g/mol. The number of halogens is 1. The van der Waals surface area contributed by atoms with Gasteiger partial charge in [-0.2, -0.15) is 0 Å². The van der Waals surface area contributed by atoms with Crippen LogP contribution in [0.4, 0.5) is 15.8 Å². The van der Waals surface area contributed by atoms with Gasteiger partial charge in [-0.3, -0.25) is 9.59 Å². The fourth-order valence-electron chi connectivity index (χ4n) is 5.02. The molecule has 0 radical (unpaired) electrons. The first-order chi connectivity index (χ1) is 15.1. The quantitative estimate of drug-likeness (QED) is 0.770. The van der Waals surface area contributed by atoms with Crippen LogP contribution in [0.3, 0.4) is 0 Å². The zero-order valence-corrected chi connectivity index (χ0v) is 16.4. The molecule has 2 bridgehead atoms. The number of ether oxygens (including phenoxy) is 3. The van der Waals surface area contributed by atoms with E-state index in [0.29, 0.717) is 30.4 Å². The van der Waals surface area contributed by atoms with Gasteiger partial charge in [-0.25, -0.2) is 4.39 Å². The minimum Gasteiger partial charge on any atom is -0.486 e. The lowest BCUT2D eigenvalue weighted by molar-refractivity contribution is -0.128. The van der Waals surface area contributed by atoms with E-state index in [1.54, 1.807) is 36.4 Å². The number of nitrogens with zero attached hydrogens (tertiary/aromatic N) is 1. The summed E-state index contributed by atoms with van der Waals surface area (Å²) < 4.78 is 31.5. The Labute approximate surface area is 177 Å². The maximum absolute atomic E-state index is 14.4. The number of hydrogen-bond donors (Lipinski definition) is 1. The normalized spacial score (nSPS) is 29.9. The van der Waals surface area contributed by atoms with Crippen LogP contribution in [0.1, 0.15) is 0 Å². The van der Waals surface area contributed by atoms with Crippen LogP contribution in [0.15, 0.2) is 54.6 Å². The summed E-state index contributed by atoms with van der Waals surface area (Å²) in [5, 5.41) is 2.88. The molecule has 2 aromatic carbocycles. The molecule has 1 N–H and O–H groups in total. The van der Waals surface area contributed by atoms with Crippen LogP contribution in [0.25, 0.3) is 0 Å². The Morgan fingerprint density at radius 2 is 1.94 bits per heavy atom. The van der Waals surface area contributed by atoms with Crippen molar-refractivity contribution in [3.63, 3.8) is 0 Å². The van der Waals surface area contributed by atoms with Crippen molar-refractivity contribution in [3.8, 4) is 11.5 Å². The lowest BCUT2D eigenvalue weighted by atomic mass is 9.77. The summed E-state index contributed by atoms with van der Waals surface area (Å²) in [5.41, 5.74) is -0.173. The number of carbonyl (C=O) groups excluding carboxylic acids is 2. The third kappa shape index (κ3) is 2.68. The number of carbonyl (C=O) groups is 2. The van der Waals surface area contributed by atoms with Crippen molar-refractivity contribution >= 4 is 23.2 Å². The van der Waals surface area contributed by atoms with Crippen LogP contribution < -0.4 is 19.7 Å². The first kappa shape index (κ1) is 18.4. The van der Waals surface area contributed by atoms with Gasteiger partial charge in [0.1, 0.15) is 24.6 Å². The number of benzene rings is 2. The minimum atomic E-state index is -0.918. The number of para-hydroxylation sites is 1. The molecule has 4 atom stereocenters. The van der Waals surface area contributed by atoms with Crippen LogP contribution in [0, 0.1) is 17.7 Å². The lowest BCUT2D eigenvalue weighted by Gasteiger charge is -2.24. The zero-order valence-electron chi connectivity index (χ0n) is 16.4. The van der Waals surface area contributed by atoms with Crippen LogP contribution in [-0.4, -0.2) is 43.3 Å². The highest BCUT2D eigenvalue weighted by Crippen LogP contribution is 2.53. The standard InChI is InChI=1S/C23H19FN2O5/c24-14-3-1-2-4-15(14)26-12-23-8-7-17(31-23)19(20(23)22(26)28)21(27)25-13-5-6-16-18(11-13)30-10-9-29-16/h1-8,11,17,19-20H,9-10,12H2,(H,25,27)/t17?,19?,20?,23-/m1/s1. The molecular weight excluding hydrogens is 403 g/mol. The highest BCUT2D eigenvalue weighted by atomic mass is 19.1. The number of fused-ring (bicyclic) bond motifs is 2. The largest absolute Gasteiger partial charge is 0.486 e. The Hall–Kier alpha value is -3.39. The Morgan fingerprint density at radius 3 is 2.77 bits per heavy atom. The van der Waals surface area contributed by atoms with Crippen LogP contribution >= 0.6 is 0 Å². The molecule has 3 unspecified atom stereocenters. The van der Waals surface area contributed by atoms with Gasteiger partial charge in [0.2, 0.25) is 11.8 Å². The van der Waals surface area contributed by atoms with Crippen molar-refractivity contribution < 1.29 is 28.2 Å². The van der Waals surface area contributed by atoms with E-state index in [0.717, 1.165) is 0 Å². The molecule has 1 spiro atoms. The van der Waals surface area contributed by atoms with E-state index in [4.69, 9.17) is 14.2 Å². The lowest BCUT2D eigenvalue weighted by Crippen LogP contribution is -2.41. The van der Waals surface area contributed by atoms with Crippen LogP contribution in [0.5, 0.6) is 11.5 Å². The summed E-state index contributed by atoms with van der Waals surface area (Å²) in [4.78, 5) is 27.9. The molecule has 0 aromatic heterocycles. The molecule has 0 aliphatic carbocycles. The van der Waals surface area contributed by atoms with Crippen molar-refractivity contribution in [1.29, 1.82) is 0 Å². The number of anilines is 2. The second-order valence-electron chi connectivity index (χ2n) is 8.12. The third-order valence-corrected chi connectivity index (χ3v) is 6.36. The third-order valence-electron chi connectivity index (χ3n) is 6.36. The van der Waals surface area contributed by atoms with Gasteiger partial charge < -0.3 is 24.4 Å². The minimum absolute atomic E-state index is 0.179. The molecule has 6 rings (SSSR count). The van der Waals surface area contributed by atoms with Crippen molar-refractivity contribution in [1.82, 2.24) is 0 Å². The Balaban J connectivity index is 1.28. The second kappa shape index (κ2) is 6.55. The Bertz CT molecular complexity index is 1130. The molecule has 4 heterocycles. The van der Waals surface area contributed by atoms with Gasteiger partial charge in [-0.15, -0.1) is 0 Å². The van der Waals surface area contributed by atoms with Gasteiger partial charge in [0, 0.05) is 11.8 Å². The molecule has 2 fully saturated rings. The summed E-state index contributed by atoms with van der Waals surface area (Å²) in [7, 11) is 0. The Kier molecular flexibility index (Phi) is 3.89. The molecular formula is C23H19FN2O5. The first-order valence-electron chi connectivity index (χ1n) is 10.2. The summed E-state index contributed by atoms with van der Waals surface area (Å²) in [5.74, 6) is -1.33. The topological polar surface area (TPSA) is 77.1 Å². The van der Waals surface area contributed by atoms with Gasteiger partial charge in [-0.05, 0) is 24.3 Å². The van der Waals surface area contributed by atoms with Gasteiger partial charge in [0.25, 0.3) is 0 Å². The van der Waals surface area contributed by atoms with E-state index in [-0.39, 0.29) is 24.0 Å². The zero-order chi connectivity index (χ0) is 21.2. The van der Waals surface area contributed by atoms with Crippen molar-refractivity contribution in [3.05, 3.63) is 60.4 Å². The summed E-state index contributed by atoms with van der Waals surface area (Å²) in [6.07, 6.45) is 3.17. The van der Waals surface area contributed by atoms with E-state index in [1.807, 2.05) is 12.2 Å². The monoisotopic (exact) mass is 422 g/mol. The summed E-state index contributed by atoms with van der Waals surface area (Å²) in [6, 6.07) is 11.3. The predicted molar refractivity (Wildman–Crippen MR) is 109 cm³/mol. The number of nitrogens with one attached hydrogen (secondary N) is 1. The van der Waals surface area contributed by atoms with Gasteiger partial charge in [0.15, 0.2) is 11.5 Å². The molecule has 0 saturated carbocycles. The average Bonchev–Trinajstić information content (AvgIpc) is 3.42. The molecule has 2 amide bonds. The van der Waals surface area contributed by atoms with Gasteiger partial charge in [0.05, 0.1) is 30.2 Å². The van der Waals surface area contributed by atoms with Crippen molar-refractivity contribution in [2.75, 3.05) is 30.0 Å². The first-order valence-corrected chi connectivity index (χ1v) is 10.2. The molecule has 2 saturated heterocycles. The number of rotatable bonds is 3. The molecule has 4 aliphatic heterocycles. The smallest absolute Gasteiger partial charge is 0.234 e.